The average Bonchev–Trinajstić information content (AvgIpc) is 2.49. The number of nitrogens with zero attached hydrogens (tertiary/aromatic N) is 1. The van der Waals surface area contributed by atoms with Crippen LogP contribution in [0.2, 0.25) is 10.0 Å². The van der Waals surface area contributed by atoms with Crippen LogP contribution in [-0.4, -0.2) is 11.0 Å². The maximum absolute atomic E-state index is 11.9. The molecule has 2 aromatic carbocycles. The van der Waals surface area contributed by atoms with Gasteiger partial charge in [0.2, 0.25) is 5.91 Å². The third kappa shape index (κ3) is 2.95. The third-order valence-corrected chi connectivity index (χ3v) is 4.35. The van der Waals surface area contributed by atoms with E-state index in [4.69, 9.17) is 35.4 Å². The van der Waals surface area contributed by atoms with E-state index in [0.717, 1.165) is 11.3 Å². The van der Waals surface area contributed by atoms with Gasteiger partial charge in [-0.3, -0.25) is 4.79 Å². The van der Waals surface area contributed by atoms with Crippen molar-refractivity contribution in [3.8, 4) is 0 Å². The number of thiocarbonyl (C=S) groups is 1. The standard InChI is InChI=1S/C16H12Cl2N2OS/c17-11-6-7-13(12(18)8-11)20-14(9-15(21)19-16(20)22)10-4-2-1-3-5-10/h1-8,14H,9H2,(H,19,21,22)/t14-/m0/s1. The number of halogens is 2. The van der Waals surface area contributed by atoms with Crippen LogP contribution in [0, 0.1) is 0 Å². The Morgan fingerprint density at radius 1 is 1.14 bits per heavy atom. The summed E-state index contributed by atoms with van der Waals surface area (Å²) in [5.74, 6) is -0.0970. The fraction of sp³-hybridized carbons (Fsp3) is 0.125. The van der Waals surface area contributed by atoms with Crippen LogP contribution in [0.1, 0.15) is 18.0 Å². The van der Waals surface area contributed by atoms with Crippen LogP contribution in [-0.2, 0) is 4.79 Å². The van der Waals surface area contributed by atoms with Gasteiger partial charge < -0.3 is 10.2 Å². The highest BCUT2D eigenvalue weighted by Gasteiger charge is 2.33. The topological polar surface area (TPSA) is 32.3 Å². The monoisotopic (exact) mass is 350 g/mol. The van der Waals surface area contributed by atoms with Gasteiger partial charge >= 0.3 is 0 Å². The first kappa shape index (κ1) is 15.3. The highest BCUT2D eigenvalue weighted by molar-refractivity contribution is 7.80. The molecule has 1 aliphatic heterocycles. The molecule has 0 aromatic heterocycles. The molecule has 1 atom stereocenters. The molecule has 3 rings (SSSR count). The lowest BCUT2D eigenvalue weighted by molar-refractivity contribution is -0.120. The minimum atomic E-state index is -0.193. The summed E-state index contributed by atoms with van der Waals surface area (Å²) in [6, 6.07) is 14.8. The normalized spacial score (nSPS) is 18.3. The number of anilines is 1. The molecule has 3 nitrogen and oxygen atoms in total. The Morgan fingerprint density at radius 3 is 2.55 bits per heavy atom. The Labute approximate surface area is 143 Å². The molecule has 22 heavy (non-hydrogen) atoms. The van der Waals surface area contributed by atoms with E-state index in [1.807, 2.05) is 41.3 Å². The molecule has 1 aliphatic rings. The van der Waals surface area contributed by atoms with E-state index in [0.29, 0.717) is 21.6 Å². The Balaban J connectivity index is 2.08. The van der Waals surface area contributed by atoms with Crippen LogP contribution in [0.3, 0.4) is 0 Å². The molecule has 0 unspecified atom stereocenters. The van der Waals surface area contributed by atoms with Gasteiger partial charge in [-0.2, -0.15) is 0 Å². The molecule has 1 heterocycles. The fourth-order valence-corrected chi connectivity index (χ4v) is 3.37. The number of carbonyl (C=O) groups excluding carboxylic acids is 1. The van der Waals surface area contributed by atoms with Gasteiger partial charge in [0.25, 0.3) is 0 Å². The number of benzene rings is 2. The second kappa shape index (κ2) is 6.24. The Hall–Kier alpha value is -1.62. The second-order valence-electron chi connectivity index (χ2n) is 4.95. The van der Waals surface area contributed by atoms with Crippen LogP contribution < -0.4 is 10.2 Å². The first-order chi connectivity index (χ1) is 10.6. The van der Waals surface area contributed by atoms with Gasteiger partial charge in [0.15, 0.2) is 5.11 Å². The molecule has 112 valence electrons. The van der Waals surface area contributed by atoms with Crippen molar-refractivity contribution in [1.29, 1.82) is 0 Å². The molecule has 0 aliphatic carbocycles. The minimum Gasteiger partial charge on any atom is -0.309 e. The highest BCUT2D eigenvalue weighted by atomic mass is 35.5. The molecular weight excluding hydrogens is 339 g/mol. The van der Waals surface area contributed by atoms with Crippen molar-refractivity contribution in [1.82, 2.24) is 5.32 Å². The maximum atomic E-state index is 11.9. The van der Waals surface area contributed by atoms with E-state index in [2.05, 4.69) is 5.32 Å². The van der Waals surface area contributed by atoms with E-state index in [1.165, 1.54) is 0 Å². The molecule has 1 N–H and O–H groups in total. The Bertz CT molecular complexity index is 736. The summed E-state index contributed by atoms with van der Waals surface area (Å²) in [7, 11) is 0. The summed E-state index contributed by atoms with van der Waals surface area (Å²) in [5, 5.41) is 4.08. The molecule has 0 bridgehead atoms. The molecular formula is C16H12Cl2N2OS. The van der Waals surface area contributed by atoms with Crippen molar-refractivity contribution in [2.45, 2.75) is 12.5 Å². The number of carbonyl (C=O) groups is 1. The van der Waals surface area contributed by atoms with Crippen molar-refractivity contribution in [3.05, 3.63) is 64.1 Å². The van der Waals surface area contributed by atoms with E-state index < -0.39 is 0 Å². The van der Waals surface area contributed by atoms with Gasteiger partial charge in [-0.05, 0) is 36.0 Å². The molecule has 0 spiro atoms. The van der Waals surface area contributed by atoms with Gasteiger partial charge in [0.05, 0.1) is 23.2 Å². The SMILES string of the molecule is O=C1C[C@@H](c2ccccc2)N(c2ccc(Cl)cc2Cl)C(=S)N1. The van der Waals surface area contributed by atoms with Gasteiger partial charge in [0.1, 0.15) is 0 Å². The van der Waals surface area contributed by atoms with Crippen molar-refractivity contribution >= 4 is 52.1 Å². The lowest BCUT2D eigenvalue weighted by atomic mass is 9.99. The second-order valence-corrected chi connectivity index (χ2v) is 6.18. The minimum absolute atomic E-state index is 0.0970. The number of rotatable bonds is 2. The summed E-state index contributed by atoms with van der Waals surface area (Å²) >= 11 is 17.6. The summed E-state index contributed by atoms with van der Waals surface area (Å²) in [5.41, 5.74) is 1.73. The number of nitrogens with one attached hydrogen (secondary N) is 1. The third-order valence-electron chi connectivity index (χ3n) is 3.51. The zero-order valence-electron chi connectivity index (χ0n) is 11.4. The lowest BCUT2D eigenvalue weighted by Crippen LogP contribution is -2.51. The zero-order chi connectivity index (χ0) is 15.7. The van der Waals surface area contributed by atoms with Gasteiger partial charge in [-0.15, -0.1) is 0 Å². The largest absolute Gasteiger partial charge is 0.309 e. The predicted molar refractivity (Wildman–Crippen MR) is 93.5 cm³/mol. The van der Waals surface area contributed by atoms with Gasteiger partial charge in [0, 0.05) is 5.02 Å². The molecule has 1 saturated heterocycles. The Morgan fingerprint density at radius 2 is 1.86 bits per heavy atom. The van der Waals surface area contributed by atoms with Crippen LogP contribution >= 0.6 is 35.4 Å². The van der Waals surface area contributed by atoms with Crippen LogP contribution in [0.15, 0.2) is 48.5 Å². The summed E-state index contributed by atoms with van der Waals surface area (Å²) < 4.78 is 0. The van der Waals surface area contributed by atoms with Gasteiger partial charge in [-0.25, -0.2) is 0 Å². The van der Waals surface area contributed by atoms with Crippen molar-refractivity contribution in [3.63, 3.8) is 0 Å². The molecule has 1 amide bonds. The van der Waals surface area contributed by atoms with E-state index in [9.17, 15) is 4.79 Å². The Kier molecular flexibility index (Phi) is 4.34. The fourth-order valence-electron chi connectivity index (χ4n) is 2.53. The summed E-state index contributed by atoms with van der Waals surface area (Å²) in [4.78, 5) is 13.8. The molecule has 2 aromatic rings. The van der Waals surface area contributed by atoms with Crippen LogP contribution in [0.4, 0.5) is 5.69 Å². The first-order valence-electron chi connectivity index (χ1n) is 6.69. The summed E-state index contributed by atoms with van der Waals surface area (Å²) in [6.07, 6.45) is 0.309. The first-order valence-corrected chi connectivity index (χ1v) is 7.85. The predicted octanol–water partition coefficient (Wildman–Crippen LogP) is 4.35. The number of amides is 1. The van der Waals surface area contributed by atoms with E-state index >= 15 is 0 Å². The summed E-state index contributed by atoms with van der Waals surface area (Å²) in [6.45, 7) is 0. The quantitative estimate of drug-likeness (QED) is 0.817. The highest BCUT2D eigenvalue weighted by Crippen LogP contribution is 2.37. The van der Waals surface area contributed by atoms with Crippen molar-refractivity contribution < 1.29 is 4.79 Å². The van der Waals surface area contributed by atoms with Crippen molar-refractivity contribution in [2.24, 2.45) is 0 Å². The molecule has 1 fully saturated rings. The van der Waals surface area contributed by atoms with Crippen LogP contribution in [0.25, 0.3) is 0 Å². The van der Waals surface area contributed by atoms with Crippen molar-refractivity contribution in [2.75, 3.05) is 4.90 Å². The smallest absolute Gasteiger partial charge is 0.228 e. The van der Waals surface area contributed by atoms with Gasteiger partial charge in [-0.1, -0.05) is 53.5 Å². The average molecular weight is 351 g/mol. The maximum Gasteiger partial charge on any atom is 0.228 e. The molecule has 0 saturated carbocycles. The zero-order valence-corrected chi connectivity index (χ0v) is 13.8. The van der Waals surface area contributed by atoms with E-state index in [-0.39, 0.29) is 11.9 Å². The van der Waals surface area contributed by atoms with E-state index in [1.54, 1.807) is 12.1 Å². The lowest BCUT2D eigenvalue weighted by Gasteiger charge is -2.38. The number of hydrogen-bond acceptors (Lipinski definition) is 2. The number of hydrogen-bond donors (Lipinski definition) is 1. The van der Waals surface area contributed by atoms with Crippen LogP contribution in [0.5, 0.6) is 0 Å². The molecule has 6 heteroatoms. The molecule has 0 radical (unpaired) electrons.